The van der Waals surface area contributed by atoms with Gasteiger partial charge in [0.1, 0.15) is 28.9 Å². The van der Waals surface area contributed by atoms with E-state index in [0.29, 0.717) is 36.4 Å². The third-order valence-electron chi connectivity index (χ3n) is 8.96. The van der Waals surface area contributed by atoms with Crippen molar-refractivity contribution < 1.29 is 23.8 Å². The van der Waals surface area contributed by atoms with E-state index >= 15 is 0 Å². The Kier molecular flexibility index (Phi) is 10.6. The molecule has 3 heterocycles. The number of hydrogen-bond acceptors (Lipinski definition) is 9. The van der Waals surface area contributed by atoms with E-state index in [1.807, 2.05) is 25.1 Å². The van der Waals surface area contributed by atoms with Crippen LogP contribution in [-0.2, 0) is 11.3 Å². The summed E-state index contributed by atoms with van der Waals surface area (Å²) >= 11 is 1.60. The van der Waals surface area contributed by atoms with Crippen molar-refractivity contribution >= 4 is 28.6 Å². The SMILES string of the molecule is CC1=NC(C(=O)N[C@H]2CC[C@@H](NC(=O)c3cc(F)cnc3Oc3cccc(-c4cc(O)cc(CN5C[C@@H](C)N[C@@H](C)C5)c4)c3)CC2)CS1. The molecule has 0 radical (unpaired) electrons. The zero-order chi connectivity index (χ0) is 33.8. The number of hydrogen-bond donors (Lipinski definition) is 4. The number of phenolic OH excluding ortho intramolecular Hbond substituents is 1. The van der Waals surface area contributed by atoms with E-state index in [1.165, 1.54) is 0 Å². The Morgan fingerprint density at radius 3 is 2.46 bits per heavy atom. The van der Waals surface area contributed by atoms with Crippen molar-refractivity contribution in [3.05, 3.63) is 71.7 Å². The zero-order valence-electron chi connectivity index (χ0n) is 27.5. The molecule has 254 valence electrons. The number of piperazine rings is 1. The van der Waals surface area contributed by atoms with E-state index in [-0.39, 0.29) is 41.2 Å². The van der Waals surface area contributed by atoms with Crippen LogP contribution >= 0.6 is 11.8 Å². The van der Waals surface area contributed by atoms with Crippen molar-refractivity contribution in [2.75, 3.05) is 18.8 Å². The van der Waals surface area contributed by atoms with E-state index in [2.05, 4.69) is 50.7 Å². The van der Waals surface area contributed by atoms with Gasteiger partial charge in [-0.3, -0.25) is 19.5 Å². The summed E-state index contributed by atoms with van der Waals surface area (Å²) in [5.41, 5.74) is 2.65. The standard InChI is InChI=1S/C36H43FN6O4S/c1-21-17-43(18-22(2)39-21)19-24-11-26(13-30(44)12-24)25-5-4-6-31(14-25)47-36-32(15-27(37)16-38-36)34(45)41-28-7-9-29(10-8-28)42-35(46)33-20-48-23(3)40-33/h4-6,11-16,21-22,28-29,33,39,44H,7-10,17-20H2,1-3H3,(H,41,45)(H,42,46)/t21-,22+,28-,29+,33?. The lowest BCUT2D eigenvalue weighted by molar-refractivity contribution is -0.122. The molecule has 4 N–H and O–H groups in total. The van der Waals surface area contributed by atoms with E-state index in [0.717, 1.165) is 66.5 Å². The van der Waals surface area contributed by atoms with Crippen LogP contribution in [0, 0.1) is 5.82 Å². The number of aromatic nitrogens is 1. The molecule has 3 aliphatic rings. The quantitative estimate of drug-likeness (QED) is 0.242. The minimum Gasteiger partial charge on any atom is -0.508 e. The third kappa shape index (κ3) is 8.72. The predicted octanol–water partition coefficient (Wildman–Crippen LogP) is 5.26. The summed E-state index contributed by atoms with van der Waals surface area (Å²) in [7, 11) is 0. The maximum Gasteiger partial charge on any atom is 0.257 e. The van der Waals surface area contributed by atoms with E-state index in [9.17, 15) is 19.1 Å². The molecule has 6 rings (SSSR count). The number of phenols is 1. The molecular formula is C36H43FN6O4S. The van der Waals surface area contributed by atoms with Crippen LogP contribution in [0.15, 0.2) is 59.7 Å². The Balaban J connectivity index is 1.09. The first-order valence-electron chi connectivity index (χ1n) is 16.6. The van der Waals surface area contributed by atoms with Crippen LogP contribution in [0.5, 0.6) is 17.4 Å². The molecular weight excluding hydrogens is 631 g/mol. The lowest BCUT2D eigenvalue weighted by Gasteiger charge is -2.36. The molecule has 2 amide bonds. The summed E-state index contributed by atoms with van der Waals surface area (Å²) in [5.74, 6) is 0.110. The Morgan fingerprint density at radius 2 is 1.75 bits per heavy atom. The number of ether oxygens (including phenoxy) is 1. The van der Waals surface area contributed by atoms with Gasteiger partial charge in [0.05, 0.1) is 11.2 Å². The number of carbonyl (C=O) groups is 2. The van der Waals surface area contributed by atoms with Crippen molar-refractivity contribution in [3.8, 4) is 28.5 Å². The third-order valence-corrected chi connectivity index (χ3v) is 9.97. The molecule has 0 bridgehead atoms. The molecule has 48 heavy (non-hydrogen) atoms. The number of nitrogens with one attached hydrogen (secondary N) is 3. The van der Waals surface area contributed by atoms with Gasteiger partial charge in [0.15, 0.2) is 0 Å². The number of nitrogens with zero attached hydrogens (tertiary/aromatic N) is 3. The number of amides is 2. The summed E-state index contributed by atoms with van der Waals surface area (Å²) < 4.78 is 20.4. The molecule has 1 aromatic heterocycles. The first kappa shape index (κ1) is 33.9. The maximum atomic E-state index is 14.3. The van der Waals surface area contributed by atoms with Gasteiger partial charge in [-0.15, -0.1) is 11.8 Å². The largest absolute Gasteiger partial charge is 0.508 e. The van der Waals surface area contributed by atoms with Crippen LogP contribution in [0.2, 0.25) is 0 Å². The highest BCUT2D eigenvalue weighted by Crippen LogP contribution is 2.32. The number of aromatic hydroxyl groups is 1. The minimum absolute atomic E-state index is 0.00177. The smallest absolute Gasteiger partial charge is 0.257 e. The Labute approximate surface area is 285 Å². The Bertz CT molecular complexity index is 1670. The zero-order valence-corrected chi connectivity index (χ0v) is 28.4. The van der Waals surface area contributed by atoms with Crippen molar-refractivity contribution in [1.82, 2.24) is 25.8 Å². The number of aliphatic imine (C=N–C) groups is 1. The number of halogens is 1. The van der Waals surface area contributed by atoms with Crippen LogP contribution in [0.3, 0.4) is 0 Å². The number of pyridine rings is 1. The molecule has 10 nitrogen and oxygen atoms in total. The van der Waals surface area contributed by atoms with Gasteiger partial charge in [0.2, 0.25) is 11.8 Å². The van der Waals surface area contributed by atoms with Crippen molar-refractivity contribution in [2.45, 2.75) is 83.2 Å². The fourth-order valence-corrected chi connectivity index (χ4v) is 7.68. The average molecular weight is 675 g/mol. The molecule has 3 atom stereocenters. The maximum absolute atomic E-state index is 14.3. The summed E-state index contributed by atoms with van der Waals surface area (Å²) in [5, 5.41) is 21.2. The van der Waals surface area contributed by atoms with Gasteiger partial charge < -0.3 is 25.8 Å². The van der Waals surface area contributed by atoms with Gasteiger partial charge in [0.25, 0.3) is 5.91 Å². The number of thioether (sulfide) groups is 1. The molecule has 2 aliphatic heterocycles. The molecule has 0 spiro atoms. The van der Waals surface area contributed by atoms with Crippen LogP contribution in [-0.4, -0.2) is 80.9 Å². The van der Waals surface area contributed by atoms with Gasteiger partial charge >= 0.3 is 0 Å². The number of carbonyl (C=O) groups excluding carboxylic acids is 2. The molecule has 1 saturated heterocycles. The fraction of sp³-hybridized carbons (Fsp3) is 0.444. The highest BCUT2D eigenvalue weighted by molar-refractivity contribution is 8.14. The molecule has 1 saturated carbocycles. The van der Waals surface area contributed by atoms with Gasteiger partial charge in [0, 0.05) is 49.6 Å². The minimum atomic E-state index is -0.642. The fourth-order valence-electron chi connectivity index (χ4n) is 6.85. The normalized spacial score (nSPS) is 24.5. The summed E-state index contributed by atoms with van der Waals surface area (Å²) in [6, 6.07) is 14.4. The monoisotopic (exact) mass is 674 g/mol. The summed E-state index contributed by atoms with van der Waals surface area (Å²) in [6.45, 7) is 8.83. The van der Waals surface area contributed by atoms with Gasteiger partial charge in [-0.05, 0) is 99.5 Å². The summed E-state index contributed by atoms with van der Waals surface area (Å²) in [6.07, 6.45) is 3.83. The van der Waals surface area contributed by atoms with E-state index in [1.54, 1.807) is 30.0 Å². The molecule has 1 aliphatic carbocycles. The Morgan fingerprint density at radius 1 is 1.02 bits per heavy atom. The highest BCUT2D eigenvalue weighted by Gasteiger charge is 2.29. The van der Waals surface area contributed by atoms with E-state index < -0.39 is 11.7 Å². The van der Waals surface area contributed by atoms with Crippen LogP contribution < -0.4 is 20.7 Å². The first-order chi connectivity index (χ1) is 23.1. The first-order valence-corrected chi connectivity index (χ1v) is 17.6. The van der Waals surface area contributed by atoms with Crippen molar-refractivity contribution in [2.24, 2.45) is 4.99 Å². The predicted molar refractivity (Wildman–Crippen MR) is 186 cm³/mol. The van der Waals surface area contributed by atoms with Crippen LogP contribution in [0.25, 0.3) is 11.1 Å². The second-order valence-corrected chi connectivity index (χ2v) is 14.4. The molecule has 3 aromatic rings. The molecule has 2 fully saturated rings. The van der Waals surface area contributed by atoms with Crippen LogP contribution in [0.4, 0.5) is 4.39 Å². The Hall–Kier alpha value is -4.00. The van der Waals surface area contributed by atoms with Gasteiger partial charge in [-0.1, -0.05) is 12.1 Å². The number of rotatable bonds is 9. The van der Waals surface area contributed by atoms with E-state index in [4.69, 9.17) is 4.74 Å². The summed E-state index contributed by atoms with van der Waals surface area (Å²) in [4.78, 5) is 36.8. The average Bonchev–Trinajstić information content (AvgIpc) is 3.48. The molecule has 1 unspecified atom stereocenters. The lowest BCUT2D eigenvalue weighted by Crippen LogP contribution is -2.53. The van der Waals surface area contributed by atoms with Crippen LogP contribution in [0.1, 0.15) is 62.4 Å². The van der Waals surface area contributed by atoms with Crippen molar-refractivity contribution in [1.29, 1.82) is 0 Å². The van der Waals surface area contributed by atoms with Crippen molar-refractivity contribution in [3.63, 3.8) is 0 Å². The highest BCUT2D eigenvalue weighted by atomic mass is 32.2. The second-order valence-electron chi connectivity index (χ2n) is 13.2. The van der Waals surface area contributed by atoms with Gasteiger partial charge in [-0.2, -0.15) is 0 Å². The number of benzene rings is 2. The van der Waals surface area contributed by atoms with Gasteiger partial charge in [-0.25, -0.2) is 9.37 Å². The topological polar surface area (TPSA) is 128 Å². The molecule has 12 heteroatoms. The second kappa shape index (κ2) is 15.0. The molecule has 2 aromatic carbocycles. The lowest BCUT2D eigenvalue weighted by atomic mass is 9.90.